The van der Waals surface area contributed by atoms with E-state index in [1.54, 1.807) is 27.7 Å². The minimum Gasteiger partial charge on any atom is -0.268 e. The van der Waals surface area contributed by atoms with Crippen molar-refractivity contribution in [1.29, 1.82) is 0 Å². The minimum atomic E-state index is 0.0965. The lowest BCUT2D eigenvalue weighted by molar-refractivity contribution is 0.699. The minimum absolute atomic E-state index is 0.0965. The molecule has 0 fully saturated rings. The molecule has 0 saturated carbocycles. The van der Waals surface area contributed by atoms with Gasteiger partial charge in [0.25, 0.3) is 5.56 Å². The molecule has 124 valence electrons. The summed E-state index contributed by atoms with van der Waals surface area (Å²) in [6.45, 7) is 4.16. The molecule has 1 aromatic carbocycles. The second kappa shape index (κ2) is 6.37. The average Bonchev–Trinajstić information content (AvgIpc) is 2.95. The van der Waals surface area contributed by atoms with Crippen LogP contribution in [0.3, 0.4) is 0 Å². The molecule has 5 heteroatoms. The number of thioether (sulfide) groups is 1. The fourth-order valence-corrected chi connectivity index (χ4v) is 5.37. The number of fused-ring (bicyclic) bond motifs is 3. The van der Waals surface area contributed by atoms with Crippen LogP contribution in [0.1, 0.15) is 35.8 Å². The maximum absolute atomic E-state index is 13.4. The van der Waals surface area contributed by atoms with Gasteiger partial charge in [0.2, 0.25) is 0 Å². The van der Waals surface area contributed by atoms with Crippen LogP contribution in [-0.4, -0.2) is 15.3 Å². The highest BCUT2D eigenvalue weighted by molar-refractivity contribution is 7.99. The maximum Gasteiger partial charge on any atom is 0.267 e. The molecule has 3 nitrogen and oxygen atoms in total. The molecule has 1 aliphatic carbocycles. The van der Waals surface area contributed by atoms with E-state index in [0.717, 1.165) is 39.7 Å². The van der Waals surface area contributed by atoms with E-state index in [0.29, 0.717) is 0 Å². The lowest BCUT2D eigenvalue weighted by atomic mass is 9.97. The Labute approximate surface area is 149 Å². The predicted molar refractivity (Wildman–Crippen MR) is 103 cm³/mol. The normalized spacial score (nSPS) is 14.1. The fraction of sp³-hybridized carbons (Fsp3) is 0.368. The van der Waals surface area contributed by atoms with Gasteiger partial charge in [-0.1, -0.05) is 36.4 Å². The number of rotatable bonds is 3. The molecular weight excluding hydrogens is 336 g/mol. The van der Waals surface area contributed by atoms with Crippen molar-refractivity contribution in [2.24, 2.45) is 0 Å². The van der Waals surface area contributed by atoms with E-state index in [9.17, 15) is 4.79 Å². The van der Waals surface area contributed by atoms with Gasteiger partial charge in [-0.15, -0.1) is 11.3 Å². The molecule has 0 N–H and O–H groups in total. The first kappa shape index (κ1) is 15.9. The molecule has 0 unspecified atom stereocenters. The van der Waals surface area contributed by atoms with Crippen molar-refractivity contribution in [2.45, 2.75) is 44.7 Å². The molecule has 4 rings (SSSR count). The van der Waals surface area contributed by atoms with Crippen LogP contribution in [-0.2, 0) is 12.8 Å². The van der Waals surface area contributed by atoms with Crippen LogP contribution in [0, 0.1) is 6.92 Å². The number of aryl methyl sites for hydroxylation is 3. The van der Waals surface area contributed by atoms with Crippen LogP contribution < -0.4 is 5.56 Å². The van der Waals surface area contributed by atoms with Crippen LogP contribution in [0.4, 0.5) is 0 Å². The molecule has 24 heavy (non-hydrogen) atoms. The molecule has 0 saturated heterocycles. The second-order valence-corrected chi connectivity index (χ2v) is 8.51. The molecule has 3 aromatic rings. The Morgan fingerprint density at radius 3 is 2.71 bits per heavy atom. The largest absolute Gasteiger partial charge is 0.268 e. The Kier molecular flexibility index (Phi) is 4.22. The summed E-state index contributed by atoms with van der Waals surface area (Å²) >= 11 is 3.36. The van der Waals surface area contributed by atoms with Gasteiger partial charge in [-0.05, 0) is 56.1 Å². The highest BCUT2D eigenvalue weighted by atomic mass is 32.2. The zero-order valence-corrected chi connectivity index (χ0v) is 15.6. The Morgan fingerprint density at radius 2 is 1.96 bits per heavy atom. The lowest BCUT2D eigenvalue weighted by Gasteiger charge is -2.13. The van der Waals surface area contributed by atoms with Gasteiger partial charge in [-0.3, -0.25) is 9.36 Å². The third-order valence-electron chi connectivity index (χ3n) is 4.52. The molecule has 0 atom stereocenters. The third-order valence-corrected chi connectivity index (χ3v) is 6.53. The van der Waals surface area contributed by atoms with Crippen LogP contribution in [0.2, 0.25) is 0 Å². The van der Waals surface area contributed by atoms with Crippen LogP contribution in [0.15, 0.2) is 34.2 Å². The summed E-state index contributed by atoms with van der Waals surface area (Å²) in [6.07, 6.45) is 4.51. The molecule has 2 heterocycles. The van der Waals surface area contributed by atoms with Gasteiger partial charge in [0.15, 0.2) is 5.16 Å². The first-order chi connectivity index (χ1) is 11.7. The van der Waals surface area contributed by atoms with Gasteiger partial charge in [0.1, 0.15) is 4.83 Å². The van der Waals surface area contributed by atoms with Gasteiger partial charge in [-0.2, -0.15) is 0 Å². The van der Waals surface area contributed by atoms with E-state index in [1.165, 1.54) is 28.8 Å². The Bertz CT molecular complexity index is 954. The predicted octanol–water partition coefficient (Wildman–Crippen LogP) is 4.75. The smallest absolute Gasteiger partial charge is 0.267 e. The van der Waals surface area contributed by atoms with Gasteiger partial charge in [0.05, 0.1) is 11.1 Å². The number of nitrogens with zero attached hydrogens (tertiary/aromatic N) is 2. The average molecular weight is 357 g/mol. The molecule has 0 amide bonds. The summed E-state index contributed by atoms with van der Waals surface area (Å²) in [5.74, 6) is 0.898. The maximum atomic E-state index is 13.4. The Hall–Kier alpha value is -1.59. The summed E-state index contributed by atoms with van der Waals surface area (Å²) < 4.78 is 1.80. The molecular formula is C19H20N2OS2. The van der Waals surface area contributed by atoms with Crippen molar-refractivity contribution < 1.29 is 0 Å². The lowest BCUT2D eigenvalue weighted by Crippen LogP contribution is -2.22. The zero-order chi connectivity index (χ0) is 16.7. The van der Waals surface area contributed by atoms with E-state index >= 15 is 0 Å². The number of aromatic nitrogens is 2. The van der Waals surface area contributed by atoms with Crippen LogP contribution >= 0.6 is 23.1 Å². The number of hydrogen-bond acceptors (Lipinski definition) is 4. The van der Waals surface area contributed by atoms with Crippen molar-refractivity contribution in [1.82, 2.24) is 9.55 Å². The van der Waals surface area contributed by atoms with Crippen LogP contribution in [0.25, 0.3) is 15.9 Å². The van der Waals surface area contributed by atoms with Gasteiger partial charge in [0, 0.05) is 4.88 Å². The quantitative estimate of drug-likeness (QED) is 0.502. The monoisotopic (exact) mass is 356 g/mol. The van der Waals surface area contributed by atoms with Gasteiger partial charge >= 0.3 is 0 Å². The van der Waals surface area contributed by atoms with E-state index in [1.807, 2.05) is 12.1 Å². The highest BCUT2D eigenvalue weighted by Gasteiger charge is 2.22. The van der Waals surface area contributed by atoms with E-state index < -0.39 is 0 Å². The standard InChI is InChI=1S/C19H20N2OS2/c1-3-23-19-20-17-16(14-6-4-5-7-15(14)24-17)18(22)21(19)13-10-8-12(2)9-11-13/h8-11H,3-7H2,1-2H3. The number of benzene rings is 1. The van der Waals surface area contributed by atoms with Crippen molar-refractivity contribution in [3.63, 3.8) is 0 Å². The van der Waals surface area contributed by atoms with Gasteiger partial charge < -0.3 is 0 Å². The Balaban J connectivity index is 2.02. The van der Waals surface area contributed by atoms with Crippen molar-refractivity contribution in [2.75, 3.05) is 5.75 Å². The SMILES string of the molecule is CCSc1nc2sc3c(c2c(=O)n1-c1ccc(C)cc1)CCCC3. The molecule has 2 aromatic heterocycles. The first-order valence-electron chi connectivity index (χ1n) is 8.46. The molecule has 1 aliphatic rings. The van der Waals surface area contributed by atoms with Gasteiger partial charge in [-0.25, -0.2) is 4.98 Å². The molecule has 0 aliphatic heterocycles. The second-order valence-electron chi connectivity index (χ2n) is 6.19. The summed E-state index contributed by atoms with van der Waals surface area (Å²) in [6, 6.07) is 8.14. The third kappa shape index (κ3) is 2.60. The highest BCUT2D eigenvalue weighted by Crippen LogP contribution is 2.35. The number of hydrogen-bond donors (Lipinski definition) is 0. The van der Waals surface area contributed by atoms with Crippen molar-refractivity contribution >= 4 is 33.3 Å². The van der Waals surface area contributed by atoms with E-state index in [-0.39, 0.29) is 5.56 Å². The Morgan fingerprint density at radius 1 is 1.21 bits per heavy atom. The topological polar surface area (TPSA) is 34.9 Å². The van der Waals surface area contributed by atoms with Crippen molar-refractivity contribution in [3.05, 3.63) is 50.6 Å². The van der Waals surface area contributed by atoms with Crippen LogP contribution in [0.5, 0.6) is 0 Å². The molecule has 0 radical (unpaired) electrons. The van der Waals surface area contributed by atoms with E-state index in [2.05, 4.69) is 26.0 Å². The summed E-state index contributed by atoms with van der Waals surface area (Å²) in [5, 5.41) is 1.66. The zero-order valence-electron chi connectivity index (χ0n) is 14.0. The van der Waals surface area contributed by atoms with Crippen molar-refractivity contribution in [3.8, 4) is 5.69 Å². The first-order valence-corrected chi connectivity index (χ1v) is 10.3. The molecule has 0 spiro atoms. The summed E-state index contributed by atoms with van der Waals surface area (Å²) in [5.41, 5.74) is 3.46. The fourth-order valence-electron chi connectivity index (χ4n) is 3.33. The number of thiophene rings is 1. The molecule has 0 bridgehead atoms. The summed E-state index contributed by atoms with van der Waals surface area (Å²) in [7, 11) is 0. The summed E-state index contributed by atoms with van der Waals surface area (Å²) in [4.78, 5) is 20.5. The van der Waals surface area contributed by atoms with E-state index in [4.69, 9.17) is 4.98 Å².